The predicted octanol–water partition coefficient (Wildman–Crippen LogP) is 0.352. The zero-order valence-electron chi connectivity index (χ0n) is 12.8. The van der Waals surface area contributed by atoms with Crippen molar-refractivity contribution in [3.8, 4) is 0 Å². The normalized spacial score (nSPS) is 31.9. The Morgan fingerprint density at radius 1 is 1.00 bits per heavy atom. The standard InChI is InChI=1S/C15H31NO4/c1-11(2)7-5-3-4-6-8-16-9-13(18)15(20)14(19)12(16)10-17/h11-15,17-20H,3-10H2,1-2H3/t12-,13+,14-,15-/m1/s1. The maximum atomic E-state index is 9.87. The van der Waals surface area contributed by atoms with Crippen LogP contribution in [0.1, 0.15) is 46.0 Å². The van der Waals surface area contributed by atoms with E-state index in [1.54, 1.807) is 0 Å². The Hall–Kier alpha value is -0.200. The van der Waals surface area contributed by atoms with Gasteiger partial charge in [-0.15, -0.1) is 0 Å². The topological polar surface area (TPSA) is 84.2 Å². The Kier molecular flexibility index (Phi) is 7.99. The average molecular weight is 289 g/mol. The van der Waals surface area contributed by atoms with Gasteiger partial charge < -0.3 is 20.4 Å². The van der Waals surface area contributed by atoms with Crippen LogP contribution in [-0.2, 0) is 0 Å². The average Bonchev–Trinajstić information content (AvgIpc) is 2.40. The zero-order chi connectivity index (χ0) is 15.1. The predicted molar refractivity (Wildman–Crippen MR) is 78.4 cm³/mol. The molecule has 0 unspecified atom stereocenters. The monoisotopic (exact) mass is 289 g/mol. The minimum absolute atomic E-state index is 0.196. The number of aliphatic hydroxyl groups excluding tert-OH is 4. The van der Waals surface area contributed by atoms with Gasteiger partial charge in [-0.2, -0.15) is 0 Å². The van der Waals surface area contributed by atoms with E-state index in [9.17, 15) is 20.4 Å². The Bertz CT molecular complexity index is 262. The fourth-order valence-electron chi connectivity index (χ4n) is 2.86. The highest BCUT2D eigenvalue weighted by molar-refractivity contribution is 4.93. The lowest BCUT2D eigenvalue weighted by molar-refractivity contribution is -0.145. The van der Waals surface area contributed by atoms with E-state index in [2.05, 4.69) is 13.8 Å². The number of β-amino-alcohol motifs (C(OH)–C–C–N with tert-alkyl or cyclic N) is 1. The molecular weight excluding hydrogens is 258 g/mol. The molecule has 0 saturated carbocycles. The Balaban J connectivity index is 2.27. The summed E-state index contributed by atoms with van der Waals surface area (Å²) in [6, 6.07) is -0.468. The molecule has 1 aliphatic heterocycles. The summed E-state index contributed by atoms with van der Waals surface area (Å²) < 4.78 is 0. The van der Waals surface area contributed by atoms with Crippen molar-refractivity contribution in [1.82, 2.24) is 4.90 Å². The molecule has 0 amide bonds. The van der Waals surface area contributed by atoms with Gasteiger partial charge in [-0.3, -0.25) is 4.90 Å². The molecule has 1 fully saturated rings. The number of aliphatic hydroxyl groups is 4. The van der Waals surface area contributed by atoms with Crippen LogP contribution in [0.15, 0.2) is 0 Å². The van der Waals surface area contributed by atoms with E-state index in [0.29, 0.717) is 6.54 Å². The quantitative estimate of drug-likeness (QED) is 0.485. The number of hydrogen-bond donors (Lipinski definition) is 4. The molecule has 1 saturated heterocycles. The van der Waals surface area contributed by atoms with Crippen LogP contribution in [-0.4, -0.2) is 69.4 Å². The van der Waals surface area contributed by atoms with Crippen LogP contribution in [0.3, 0.4) is 0 Å². The lowest BCUT2D eigenvalue weighted by Crippen LogP contribution is -2.62. The molecule has 20 heavy (non-hydrogen) atoms. The molecule has 0 aromatic carbocycles. The first-order valence-corrected chi connectivity index (χ1v) is 7.86. The van der Waals surface area contributed by atoms with Crippen LogP contribution < -0.4 is 0 Å². The minimum Gasteiger partial charge on any atom is -0.395 e. The minimum atomic E-state index is -1.16. The third-order valence-corrected chi connectivity index (χ3v) is 4.19. The summed E-state index contributed by atoms with van der Waals surface area (Å²) in [6.07, 6.45) is 2.63. The summed E-state index contributed by atoms with van der Waals surface area (Å²) >= 11 is 0. The van der Waals surface area contributed by atoms with Gasteiger partial charge in [0, 0.05) is 6.54 Å². The number of nitrogens with zero attached hydrogens (tertiary/aromatic N) is 1. The maximum Gasteiger partial charge on any atom is 0.109 e. The lowest BCUT2D eigenvalue weighted by Gasteiger charge is -2.43. The van der Waals surface area contributed by atoms with Crippen molar-refractivity contribution in [1.29, 1.82) is 0 Å². The first kappa shape index (κ1) is 17.9. The summed E-state index contributed by atoms with van der Waals surface area (Å²) in [4.78, 5) is 1.89. The Morgan fingerprint density at radius 2 is 1.65 bits per heavy atom. The fraction of sp³-hybridized carbons (Fsp3) is 1.00. The van der Waals surface area contributed by atoms with Gasteiger partial charge in [-0.1, -0.05) is 39.5 Å². The second-order valence-electron chi connectivity index (χ2n) is 6.39. The van der Waals surface area contributed by atoms with Crippen molar-refractivity contribution >= 4 is 0 Å². The van der Waals surface area contributed by atoms with Gasteiger partial charge in [0.05, 0.1) is 18.8 Å². The molecule has 0 aliphatic carbocycles. The van der Waals surface area contributed by atoms with E-state index in [4.69, 9.17) is 0 Å². The number of likely N-dealkylation sites (tertiary alicyclic amines) is 1. The van der Waals surface area contributed by atoms with Crippen molar-refractivity contribution in [2.24, 2.45) is 5.92 Å². The summed E-state index contributed by atoms with van der Waals surface area (Å²) in [5.41, 5.74) is 0. The molecule has 120 valence electrons. The van der Waals surface area contributed by atoms with E-state index in [0.717, 1.165) is 25.3 Å². The van der Waals surface area contributed by atoms with E-state index >= 15 is 0 Å². The second-order valence-corrected chi connectivity index (χ2v) is 6.39. The smallest absolute Gasteiger partial charge is 0.109 e. The largest absolute Gasteiger partial charge is 0.395 e. The number of unbranched alkanes of at least 4 members (excludes halogenated alkanes) is 3. The molecule has 5 nitrogen and oxygen atoms in total. The fourth-order valence-corrected chi connectivity index (χ4v) is 2.86. The summed E-state index contributed by atoms with van der Waals surface area (Å²) in [5.74, 6) is 0.752. The highest BCUT2D eigenvalue weighted by Crippen LogP contribution is 2.20. The first-order chi connectivity index (χ1) is 9.47. The number of hydrogen-bond acceptors (Lipinski definition) is 5. The summed E-state index contributed by atoms with van der Waals surface area (Å²) in [7, 11) is 0. The van der Waals surface area contributed by atoms with Crippen LogP contribution in [0.25, 0.3) is 0 Å². The maximum absolute atomic E-state index is 9.87. The number of rotatable bonds is 8. The van der Waals surface area contributed by atoms with E-state index in [1.807, 2.05) is 4.90 Å². The van der Waals surface area contributed by atoms with Crippen molar-refractivity contribution in [3.63, 3.8) is 0 Å². The van der Waals surface area contributed by atoms with Gasteiger partial charge in [-0.05, 0) is 18.9 Å². The molecule has 1 aliphatic rings. The van der Waals surface area contributed by atoms with Gasteiger partial charge in [0.25, 0.3) is 0 Å². The summed E-state index contributed by atoms with van der Waals surface area (Å²) in [5, 5.41) is 38.5. The molecule has 4 atom stereocenters. The molecule has 5 heteroatoms. The van der Waals surface area contributed by atoms with Crippen molar-refractivity contribution in [3.05, 3.63) is 0 Å². The molecule has 0 spiro atoms. The van der Waals surface area contributed by atoms with Crippen molar-refractivity contribution < 1.29 is 20.4 Å². The van der Waals surface area contributed by atoms with Crippen LogP contribution in [0.4, 0.5) is 0 Å². The molecule has 0 aromatic heterocycles. The lowest BCUT2D eigenvalue weighted by atomic mass is 9.94. The molecule has 1 rings (SSSR count). The van der Waals surface area contributed by atoms with Crippen LogP contribution in [0.2, 0.25) is 0 Å². The SMILES string of the molecule is CC(C)CCCCCCN1C[C@H](O)[C@@H](O)[C@H](O)[C@H]1CO. The van der Waals surface area contributed by atoms with Gasteiger partial charge in [0.2, 0.25) is 0 Å². The first-order valence-electron chi connectivity index (χ1n) is 7.86. The van der Waals surface area contributed by atoms with E-state index < -0.39 is 24.4 Å². The van der Waals surface area contributed by atoms with Gasteiger partial charge in [-0.25, -0.2) is 0 Å². The zero-order valence-corrected chi connectivity index (χ0v) is 12.8. The molecule has 1 heterocycles. The Labute approximate surface area is 122 Å². The van der Waals surface area contributed by atoms with Gasteiger partial charge in [0.1, 0.15) is 12.2 Å². The third-order valence-electron chi connectivity index (χ3n) is 4.19. The number of piperidine rings is 1. The highest BCUT2D eigenvalue weighted by Gasteiger charge is 2.40. The van der Waals surface area contributed by atoms with Crippen LogP contribution >= 0.6 is 0 Å². The van der Waals surface area contributed by atoms with Crippen molar-refractivity contribution in [2.45, 2.75) is 70.3 Å². The van der Waals surface area contributed by atoms with Crippen molar-refractivity contribution in [2.75, 3.05) is 19.7 Å². The third kappa shape index (κ3) is 5.30. The van der Waals surface area contributed by atoms with E-state index in [-0.39, 0.29) is 6.61 Å². The van der Waals surface area contributed by atoms with Crippen LogP contribution in [0, 0.1) is 5.92 Å². The van der Waals surface area contributed by atoms with Gasteiger partial charge >= 0.3 is 0 Å². The molecular formula is C15H31NO4. The molecule has 0 bridgehead atoms. The Morgan fingerprint density at radius 3 is 2.25 bits per heavy atom. The van der Waals surface area contributed by atoms with Crippen LogP contribution in [0.5, 0.6) is 0 Å². The summed E-state index contributed by atoms with van der Waals surface area (Å²) in [6.45, 7) is 5.32. The molecule has 0 radical (unpaired) electrons. The molecule has 4 N–H and O–H groups in total. The second kappa shape index (κ2) is 8.95. The van der Waals surface area contributed by atoms with Gasteiger partial charge in [0.15, 0.2) is 0 Å². The molecule has 0 aromatic rings. The highest BCUT2D eigenvalue weighted by atomic mass is 16.4. The van der Waals surface area contributed by atoms with E-state index in [1.165, 1.54) is 19.3 Å².